The maximum atomic E-state index is 12.9. The van der Waals surface area contributed by atoms with Gasteiger partial charge in [-0.05, 0) is 67.1 Å². The van der Waals surface area contributed by atoms with Crippen molar-refractivity contribution >= 4 is 27.5 Å². The molecule has 2 fully saturated rings. The predicted octanol–water partition coefficient (Wildman–Crippen LogP) is 3.48. The number of sulfonamides is 1. The molecule has 170 valence electrons. The fraction of sp³-hybridized carbons (Fsp3) is 0.417. The minimum atomic E-state index is -3.53. The normalized spacial score (nSPS) is 19.8. The minimum Gasteiger partial charge on any atom is -0.338 e. The molecular formula is C24H29N3O4S. The number of rotatable bonds is 6. The largest absolute Gasteiger partial charge is 0.338 e. The Balaban J connectivity index is 1.42. The molecule has 7 nitrogen and oxygen atoms in total. The number of nitrogens with zero attached hydrogens (tertiary/aromatic N) is 2. The number of nitrogens with one attached hydrogen (secondary N) is 1. The van der Waals surface area contributed by atoms with Gasteiger partial charge in [-0.1, -0.05) is 19.1 Å². The molecule has 0 spiro atoms. The molecule has 1 atom stereocenters. The lowest BCUT2D eigenvalue weighted by molar-refractivity contribution is -0.128. The number of carbonyl (C=O) groups is 2. The third-order valence-corrected chi connectivity index (χ3v) is 7.98. The summed E-state index contributed by atoms with van der Waals surface area (Å²) in [6.45, 7) is 4.41. The lowest BCUT2D eigenvalue weighted by atomic mass is 10.0. The van der Waals surface area contributed by atoms with Crippen molar-refractivity contribution in [3.8, 4) is 0 Å². The minimum absolute atomic E-state index is 0.147. The van der Waals surface area contributed by atoms with Gasteiger partial charge < -0.3 is 10.2 Å². The van der Waals surface area contributed by atoms with E-state index in [-0.39, 0.29) is 16.7 Å². The average molecular weight is 456 g/mol. The summed E-state index contributed by atoms with van der Waals surface area (Å²) in [5.41, 5.74) is 1.93. The number of hydrogen-bond acceptors (Lipinski definition) is 4. The third-order valence-electron chi connectivity index (χ3n) is 6.10. The number of piperidine rings is 1. The van der Waals surface area contributed by atoms with Crippen molar-refractivity contribution in [2.45, 2.75) is 44.0 Å². The van der Waals surface area contributed by atoms with Gasteiger partial charge in [-0.2, -0.15) is 4.31 Å². The number of hydrogen-bond donors (Lipinski definition) is 1. The van der Waals surface area contributed by atoms with Gasteiger partial charge in [-0.15, -0.1) is 0 Å². The summed E-state index contributed by atoms with van der Waals surface area (Å²) in [6, 6.07) is 13.5. The maximum absolute atomic E-state index is 12.9. The molecule has 0 aliphatic carbocycles. The predicted molar refractivity (Wildman–Crippen MR) is 123 cm³/mol. The molecule has 4 rings (SSSR count). The average Bonchev–Trinajstić information content (AvgIpc) is 3.18. The molecule has 2 aromatic carbocycles. The van der Waals surface area contributed by atoms with Gasteiger partial charge in [0.15, 0.2) is 0 Å². The summed E-state index contributed by atoms with van der Waals surface area (Å²) in [5.74, 6) is 0.227. The smallest absolute Gasteiger partial charge is 0.255 e. The Bertz CT molecular complexity index is 1100. The fourth-order valence-electron chi connectivity index (χ4n) is 4.33. The summed E-state index contributed by atoms with van der Waals surface area (Å²) >= 11 is 0. The van der Waals surface area contributed by atoms with Crippen LogP contribution in [0, 0.1) is 5.92 Å². The first-order chi connectivity index (χ1) is 15.3. The fourth-order valence-corrected chi connectivity index (χ4v) is 5.93. The van der Waals surface area contributed by atoms with Crippen molar-refractivity contribution in [2.24, 2.45) is 5.92 Å². The Morgan fingerprint density at radius 3 is 2.56 bits per heavy atom. The number of likely N-dealkylation sites (tertiary alicyclic amines) is 1. The van der Waals surface area contributed by atoms with Gasteiger partial charge in [0, 0.05) is 43.9 Å². The molecule has 2 saturated heterocycles. The molecule has 0 radical (unpaired) electrons. The van der Waals surface area contributed by atoms with E-state index >= 15 is 0 Å². The molecule has 2 aromatic rings. The van der Waals surface area contributed by atoms with Crippen LogP contribution < -0.4 is 5.32 Å². The van der Waals surface area contributed by atoms with Crippen LogP contribution >= 0.6 is 0 Å². The number of amides is 2. The van der Waals surface area contributed by atoms with Gasteiger partial charge in [0.05, 0.1) is 4.90 Å². The molecule has 8 heteroatoms. The molecular weight excluding hydrogens is 426 g/mol. The lowest BCUT2D eigenvalue weighted by Crippen LogP contribution is -2.39. The van der Waals surface area contributed by atoms with E-state index in [1.54, 1.807) is 51.7 Å². The van der Waals surface area contributed by atoms with E-state index in [9.17, 15) is 18.0 Å². The summed E-state index contributed by atoms with van der Waals surface area (Å²) in [6.07, 6.45) is 3.39. The van der Waals surface area contributed by atoms with E-state index < -0.39 is 10.0 Å². The standard InChI is InChI=1S/C24H29N3O4S/c1-18-5-3-14-27(16-18)32(30,31)22-11-9-21(10-12-22)25-24(29)20-7-2-6-19(15-20)17-26-13-4-8-23(26)28/h2,6-7,9-12,15,18H,3-5,8,13-14,16-17H2,1H3,(H,25,29). The van der Waals surface area contributed by atoms with Crippen molar-refractivity contribution in [3.63, 3.8) is 0 Å². The second kappa shape index (κ2) is 9.42. The Morgan fingerprint density at radius 2 is 1.88 bits per heavy atom. The highest BCUT2D eigenvalue weighted by molar-refractivity contribution is 7.89. The third kappa shape index (κ3) is 5.02. The highest BCUT2D eigenvalue weighted by atomic mass is 32.2. The monoisotopic (exact) mass is 455 g/mol. The molecule has 1 N–H and O–H groups in total. The molecule has 2 aliphatic rings. The van der Waals surface area contributed by atoms with E-state index in [4.69, 9.17) is 0 Å². The zero-order valence-corrected chi connectivity index (χ0v) is 19.1. The molecule has 1 unspecified atom stereocenters. The van der Waals surface area contributed by atoms with Crippen molar-refractivity contribution in [2.75, 3.05) is 25.0 Å². The Morgan fingerprint density at radius 1 is 1.09 bits per heavy atom. The molecule has 2 heterocycles. The summed E-state index contributed by atoms with van der Waals surface area (Å²) in [4.78, 5) is 26.6. The highest BCUT2D eigenvalue weighted by Gasteiger charge is 2.28. The molecule has 2 aliphatic heterocycles. The number of benzene rings is 2. The highest BCUT2D eigenvalue weighted by Crippen LogP contribution is 2.24. The number of carbonyl (C=O) groups excluding carboxylic acids is 2. The molecule has 32 heavy (non-hydrogen) atoms. The summed E-state index contributed by atoms with van der Waals surface area (Å²) in [7, 11) is -3.53. The molecule has 0 saturated carbocycles. The summed E-state index contributed by atoms with van der Waals surface area (Å²) in [5, 5.41) is 2.83. The van der Waals surface area contributed by atoms with Crippen LogP contribution in [0.3, 0.4) is 0 Å². The molecule has 2 amide bonds. The van der Waals surface area contributed by atoms with Crippen molar-refractivity contribution in [3.05, 3.63) is 59.7 Å². The van der Waals surface area contributed by atoms with Crippen LogP contribution in [0.5, 0.6) is 0 Å². The quantitative estimate of drug-likeness (QED) is 0.723. The molecule has 0 aromatic heterocycles. The van der Waals surface area contributed by atoms with E-state index in [1.807, 2.05) is 6.07 Å². The Labute approximate surface area is 189 Å². The lowest BCUT2D eigenvalue weighted by Gasteiger charge is -2.30. The van der Waals surface area contributed by atoms with E-state index in [0.717, 1.165) is 31.4 Å². The van der Waals surface area contributed by atoms with Gasteiger partial charge in [-0.25, -0.2) is 8.42 Å². The molecule has 0 bridgehead atoms. The number of anilines is 1. The van der Waals surface area contributed by atoms with E-state index in [0.29, 0.717) is 43.2 Å². The summed E-state index contributed by atoms with van der Waals surface area (Å²) < 4.78 is 27.3. The van der Waals surface area contributed by atoms with Gasteiger partial charge in [0.25, 0.3) is 5.91 Å². The second-order valence-corrected chi connectivity index (χ2v) is 10.6. The van der Waals surface area contributed by atoms with Crippen LogP contribution in [0.1, 0.15) is 48.5 Å². The second-order valence-electron chi connectivity index (χ2n) is 8.71. The van der Waals surface area contributed by atoms with Gasteiger partial charge in [0.1, 0.15) is 0 Å². The first-order valence-corrected chi connectivity index (χ1v) is 12.6. The van der Waals surface area contributed by atoms with Crippen LogP contribution in [0.15, 0.2) is 53.4 Å². The van der Waals surface area contributed by atoms with Gasteiger partial charge >= 0.3 is 0 Å². The zero-order valence-electron chi connectivity index (χ0n) is 18.3. The van der Waals surface area contributed by atoms with E-state index in [2.05, 4.69) is 12.2 Å². The SMILES string of the molecule is CC1CCCN(S(=O)(=O)c2ccc(NC(=O)c3cccc(CN4CCCC4=O)c3)cc2)C1. The first-order valence-electron chi connectivity index (χ1n) is 11.1. The Kier molecular flexibility index (Phi) is 6.62. The van der Waals surface area contributed by atoms with Crippen molar-refractivity contribution < 1.29 is 18.0 Å². The first kappa shape index (κ1) is 22.5. The zero-order chi connectivity index (χ0) is 22.7. The van der Waals surface area contributed by atoms with Crippen LogP contribution in [-0.2, 0) is 21.4 Å². The van der Waals surface area contributed by atoms with E-state index in [1.165, 1.54) is 0 Å². The van der Waals surface area contributed by atoms with Crippen molar-refractivity contribution in [1.29, 1.82) is 0 Å². The van der Waals surface area contributed by atoms with Crippen LogP contribution in [0.4, 0.5) is 5.69 Å². The maximum Gasteiger partial charge on any atom is 0.255 e. The van der Waals surface area contributed by atoms with Gasteiger partial charge in [-0.3, -0.25) is 9.59 Å². The van der Waals surface area contributed by atoms with Crippen molar-refractivity contribution in [1.82, 2.24) is 9.21 Å². The van der Waals surface area contributed by atoms with Crippen LogP contribution in [0.2, 0.25) is 0 Å². The topological polar surface area (TPSA) is 86.8 Å². The van der Waals surface area contributed by atoms with Crippen LogP contribution in [-0.4, -0.2) is 49.1 Å². The van der Waals surface area contributed by atoms with Crippen LogP contribution in [0.25, 0.3) is 0 Å². The van der Waals surface area contributed by atoms with Gasteiger partial charge in [0.2, 0.25) is 15.9 Å². The Hall–Kier alpha value is -2.71.